The number of rotatable bonds is 5. The summed E-state index contributed by atoms with van der Waals surface area (Å²) in [4.78, 5) is 26.7. The van der Waals surface area contributed by atoms with Crippen LogP contribution in [0.5, 0.6) is 0 Å². The Bertz CT molecular complexity index is 996. The third-order valence-electron chi connectivity index (χ3n) is 4.44. The van der Waals surface area contributed by atoms with Crippen LogP contribution in [0.3, 0.4) is 0 Å². The molecule has 1 amide bonds. The normalized spacial score (nSPS) is 11.3. The molecule has 25 heavy (non-hydrogen) atoms. The molecule has 0 saturated carbocycles. The van der Waals surface area contributed by atoms with E-state index in [4.69, 9.17) is 5.73 Å². The molecule has 0 fully saturated rings. The van der Waals surface area contributed by atoms with Crippen LogP contribution < -0.4 is 5.73 Å². The van der Waals surface area contributed by atoms with E-state index in [1.54, 1.807) is 24.4 Å². The molecule has 4 heteroatoms. The number of fused-ring (bicyclic) bond motifs is 1. The first-order chi connectivity index (χ1) is 12.0. The third-order valence-corrected chi connectivity index (χ3v) is 4.44. The van der Waals surface area contributed by atoms with Crippen LogP contribution in [0.15, 0.2) is 54.7 Å². The minimum atomic E-state index is -0.457. The number of aromatic nitrogens is 1. The molecule has 126 valence electrons. The average Bonchev–Trinajstić information content (AvgIpc) is 3.06. The summed E-state index contributed by atoms with van der Waals surface area (Å²) in [6.45, 7) is 3.86. The number of allylic oxidation sites excluding steroid dienone is 2. The Kier molecular flexibility index (Phi) is 4.52. The van der Waals surface area contributed by atoms with Gasteiger partial charge in [0.15, 0.2) is 5.78 Å². The number of nitrogens with one attached hydrogen (secondary N) is 1. The van der Waals surface area contributed by atoms with Crippen molar-refractivity contribution < 1.29 is 9.59 Å². The van der Waals surface area contributed by atoms with E-state index in [1.165, 1.54) is 0 Å². The molecule has 0 radical (unpaired) electrons. The fourth-order valence-electron chi connectivity index (χ4n) is 3.20. The van der Waals surface area contributed by atoms with Crippen LogP contribution in [0.4, 0.5) is 0 Å². The van der Waals surface area contributed by atoms with Crippen molar-refractivity contribution in [2.45, 2.75) is 20.3 Å². The van der Waals surface area contributed by atoms with Gasteiger partial charge in [-0.1, -0.05) is 30.3 Å². The summed E-state index contributed by atoms with van der Waals surface area (Å²) in [7, 11) is 0. The number of carbonyl (C=O) groups excluding carboxylic acids is 2. The SMILES string of the molecule is C/C=C/C(=O)Cc1cccc(-c2ccc(C(N)=O)c3[nH]ccc23)c1C. The smallest absolute Gasteiger partial charge is 0.250 e. The van der Waals surface area contributed by atoms with Crippen LogP contribution >= 0.6 is 0 Å². The van der Waals surface area contributed by atoms with E-state index in [2.05, 4.69) is 4.98 Å². The van der Waals surface area contributed by atoms with Gasteiger partial charge in [-0.15, -0.1) is 0 Å². The number of aromatic amines is 1. The molecule has 3 aromatic rings. The summed E-state index contributed by atoms with van der Waals surface area (Å²) >= 11 is 0. The van der Waals surface area contributed by atoms with Crippen LogP contribution in [-0.4, -0.2) is 16.7 Å². The molecule has 0 saturated heterocycles. The largest absolute Gasteiger partial charge is 0.366 e. The minimum Gasteiger partial charge on any atom is -0.366 e. The average molecular weight is 332 g/mol. The van der Waals surface area contributed by atoms with Crippen molar-refractivity contribution in [2.75, 3.05) is 0 Å². The van der Waals surface area contributed by atoms with Crippen molar-refractivity contribution in [2.24, 2.45) is 5.73 Å². The van der Waals surface area contributed by atoms with E-state index < -0.39 is 5.91 Å². The van der Waals surface area contributed by atoms with Crippen LogP contribution in [0, 0.1) is 6.92 Å². The predicted molar refractivity (Wildman–Crippen MR) is 101 cm³/mol. The van der Waals surface area contributed by atoms with Crippen LogP contribution in [0.2, 0.25) is 0 Å². The van der Waals surface area contributed by atoms with E-state index in [0.29, 0.717) is 12.0 Å². The van der Waals surface area contributed by atoms with Gasteiger partial charge in [0.05, 0.1) is 11.1 Å². The summed E-state index contributed by atoms with van der Waals surface area (Å²) in [6.07, 6.45) is 5.53. The van der Waals surface area contributed by atoms with Crippen molar-refractivity contribution >= 4 is 22.6 Å². The summed E-state index contributed by atoms with van der Waals surface area (Å²) in [5.41, 5.74) is 10.8. The zero-order chi connectivity index (χ0) is 18.0. The monoisotopic (exact) mass is 332 g/mol. The number of primary amides is 1. The Morgan fingerprint density at radius 2 is 1.92 bits per heavy atom. The first-order valence-electron chi connectivity index (χ1n) is 8.17. The van der Waals surface area contributed by atoms with E-state index in [-0.39, 0.29) is 5.78 Å². The second kappa shape index (κ2) is 6.77. The number of carbonyl (C=O) groups is 2. The van der Waals surface area contributed by atoms with Crippen LogP contribution in [-0.2, 0) is 11.2 Å². The lowest BCUT2D eigenvalue weighted by atomic mass is 9.91. The molecule has 2 aromatic carbocycles. The number of ketones is 1. The molecule has 1 aromatic heterocycles. The van der Waals surface area contributed by atoms with Gasteiger partial charge in [0.2, 0.25) is 0 Å². The number of hydrogen-bond acceptors (Lipinski definition) is 2. The lowest BCUT2D eigenvalue weighted by Gasteiger charge is -2.13. The van der Waals surface area contributed by atoms with Gasteiger partial charge in [-0.3, -0.25) is 9.59 Å². The highest BCUT2D eigenvalue weighted by Crippen LogP contribution is 2.33. The van der Waals surface area contributed by atoms with Gasteiger partial charge in [-0.2, -0.15) is 0 Å². The van der Waals surface area contributed by atoms with Crippen molar-refractivity contribution in [1.29, 1.82) is 0 Å². The molecule has 0 aliphatic carbocycles. The summed E-state index contributed by atoms with van der Waals surface area (Å²) < 4.78 is 0. The molecule has 3 rings (SSSR count). The lowest BCUT2D eigenvalue weighted by molar-refractivity contribution is -0.114. The van der Waals surface area contributed by atoms with E-state index in [9.17, 15) is 9.59 Å². The second-order valence-electron chi connectivity index (χ2n) is 6.02. The third kappa shape index (κ3) is 3.11. The minimum absolute atomic E-state index is 0.0821. The molecule has 0 aliphatic rings. The van der Waals surface area contributed by atoms with Gasteiger partial charge >= 0.3 is 0 Å². The van der Waals surface area contributed by atoms with Gasteiger partial charge in [-0.05, 0) is 54.3 Å². The van der Waals surface area contributed by atoms with Gasteiger partial charge < -0.3 is 10.7 Å². The topological polar surface area (TPSA) is 76.0 Å². The standard InChI is InChI=1S/C21H20N2O2/c1-3-5-15(24)12-14-6-4-7-16(13(14)2)17-8-9-19(21(22)25)20-18(17)10-11-23-20/h3-11,23H,12H2,1-2H3,(H2,22,25)/b5-3+. The Labute approximate surface area is 146 Å². The van der Waals surface area contributed by atoms with Gasteiger partial charge in [-0.25, -0.2) is 0 Å². The van der Waals surface area contributed by atoms with Gasteiger partial charge in [0.1, 0.15) is 0 Å². The zero-order valence-corrected chi connectivity index (χ0v) is 14.3. The number of hydrogen-bond donors (Lipinski definition) is 2. The number of amides is 1. The maximum Gasteiger partial charge on any atom is 0.250 e. The number of H-pyrrole nitrogens is 1. The van der Waals surface area contributed by atoms with Crippen molar-refractivity contribution in [3.63, 3.8) is 0 Å². The van der Waals surface area contributed by atoms with Crippen molar-refractivity contribution in [3.05, 3.63) is 71.4 Å². The van der Waals surface area contributed by atoms with Crippen LogP contribution in [0.25, 0.3) is 22.0 Å². The Morgan fingerprint density at radius 3 is 2.64 bits per heavy atom. The van der Waals surface area contributed by atoms with E-state index >= 15 is 0 Å². The number of benzene rings is 2. The maximum absolute atomic E-state index is 12.0. The molecule has 1 heterocycles. The molecule has 0 atom stereocenters. The molecule has 4 nitrogen and oxygen atoms in total. The highest BCUT2D eigenvalue weighted by Gasteiger charge is 2.15. The number of nitrogens with two attached hydrogens (primary N) is 1. The predicted octanol–water partition coefficient (Wildman–Crippen LogP) is 3.93. The van der Waals surface area contributed by atoms with Crippen molar-refractivity contribution in [1.82, 2.24) is 4.98 Å². The second-order valence-corrected chi connectivity index (χ2v) is 6.02. The quantitative estimate of drug-likeness (QED) is 0.695. The van der Waals surface area contributed by atoms with Gasteiger partial charge in [0, 0.05) is 18.0 Å². The summed E-state index contributed by atoms with van der Waals surface area (Å²) in [5, 5.41) is 0.941. The molecule has 0 spiro atoms. The fraction of sp³-hybridized carbons (Fsp3) is 0.143. The first kappa shape index (κ1) is 16.7. The molecular formula is C21H20N2O2. The van der Waals surface area contributed by atoms with Gasteiger partial charge in [0.25, 0.3) is 5.91 Å². The van der Waals surface area contributed by atoms with Crippen molar-refractivity contribution in [3.8, 4) is 11.1 Å². The molecule has 0 bridgehead atoms. The van der Waals surface area contributed by atoms with E-state index in [0.717, 1.165) is 33.2 Å². The summed E-state index contributed by atoms with van der Waals surface area (Å²) in [6, 6.07) is 11.6. The zero-order valence-electron chi connectivity index (χ0n) is 14.3. The highest BCUT2D eigenvalue weighted by atomic mass is 16.1. The Hall–Kier alpha value is -3.14. The Morgan fingerprint density at radius 1 is 1.12 bits per heavy atom. The Balaban J connectivity index is 2.13. The molecular weight excluding hydrogens is 312 g/mol. The van der Waals surface area contributed by atoms with E-state index in [1.807, 2.05) is 44.2 Å². The molecule has 3 N–H and O–H groups in total. The maximum atomic E-state index is 12.0. The molecule has 0 aliphatic heterocycles. The molecule has 0 unspecified atom stereocenters. The highest BCUT2D eigenvalue weighted by molar-refractivity contribution is 6.09. The fourth-order valence-corrected chi connectivity index (χ4v) is 3.20. The first-order valence-corrected chi connectivity index (χ1v) is 8.17. The lowest BCUT2D eigenvalue weighted by Crippen LogP contribution is -2.11. The van der Waals surface area contributed by atoms with Crippen LogP contribution in [0.1, 0.15) is 28.4 Å². The summed E-state index contributed by atoms with van der Waals surface area (Å²) in [5.74, 6) is -0.375.